The van der Waals surface area contributed by atoms with Crippen molar-refractivity contribution in [3.63, 3.8) is 0 Å². The summed E-state index contributed by atoms with van der Waals surface area (Å²) >= 11 is 0. The summed E-state index contributed by atoms with van der Waals surface area (Å²) in [6.07, 6.45) is 78.2. The quantitative estimate of drug-likeness (QED) is 0.0320. The monoisotopic (exact) mass is 1040 g/mol. The second-order valence-electron chi connectivity index (χ2n) is 23.5. The lowest BCUT2D eigenvalue weighted by molar-refractivity contribution is -0.143. The lowest BCUT2D eigenvalue weighted by atomic mass is 10.0. The van der Waals surface area contributed by atoms with Crippen LogP contribution in [-0.4, -0.2) is 47.4 Å². The maximum atomic E-state index is 12.5. The Morgan fingerprint density at radius 2 is 0.635 bits per heavy atom. The molecule has 0 aliphatic rings. The molecule has 0 aliphatic heterocycles. The molecule has 0 heterocycles. The fourth-order valence-corrected chi connectivity index (χ4v) is 10.9. The van der Waals surface area contributed by atoms with E-state index < -0.39 is 12.1 Å². The highest BCUT2D eigenvalue weighted by Gasteiger charge is 2.20. The number of carbonyl (C=O) groups is 2. The minimum absolute atomic E-state index is 0.0110. The largest absolute Gasteiger partial charge is 0.466 e. The van der Waals surface area contributed by atoms with Crippen LogP contribution in [0, 0.1) is 0 Å². The average molecular weight is 1040 g/mol. The smallest absolute Gasteiger partial charge is 0.305 e. The van der Waals surface area contributed by atoms with Crippen molar-refractivity contribution in [3.8, 4) is 0 Å². The highest BCUT2D eigenvalue weighted by molar-refractivity contribution is 5.76. The lowest BCUT2D eigenvalue weighted by Crippen LogP contribution is -2.45. The molecule has 2 unspecified atom stereocenters. The zero-order valence-corrected chi connectivity index (χ0v) is 50.4. The SMILES string of the molecule is CCCCCCCC/C=C\CCCCCCCC(=O)OCCCCCCCCCCCCCCCCCCCCCCCCCCCCCC(=O)NC(CO)C(O)CCCCCCCCCCCCCCCCC. The molecule has 3 N–H and O–H groups in total. The minimum atomic E-state index is -0.661. The van der Waals surface area contributed by atoms with Crippen molar-refractivity contribution in [1.82, 2.24) is 5.32 Å². The molecule has 0 aromatic rings. The Morgan fingerprint density at radius 1 is 0.365 bits per heavy atom. The molecular formula is C68H133NO5. The van der Waals surface area contributed by atoms with Crippen molar-refractivity contribution >= 4 is 11.9 Å². The Labute approximate surface area is 463 Å². The van der Waals surface area contributed by atoms with Gasteiger partial charge in [0.2, 0.25) is 5.91 Å². The number of carbonyl (C=O) groups excluding carboxylic acids is 2. The van der Waals surface area contributed by atoms with Crippen molar-refractivity contribution in [3.05, 3.63) is 12.2 Å². The predicted molar refractivity (Wildman–Crippen MR) is 324 cm³/mol. The summed E-state index contributed by atoms with van der Waals surface area (Å²) < 4.78 is 5.49. The summed E-state index contributed by atoms with van der Waals surface area (Å²) in [6.45, 7) is 4.98. The van der Waals surface area contributed by atoms with Crippen LogP contribution in [0.1, 0.15) is 386 Å². The number of nitrogens with one attached hydrogen (secondary N) is 1. The van der Waals surface area contributed by atoms with E-state index in [1.807, 2.05) is 0 Å². The van der Waals surface area contributed by atoms with Gasteiger partial charge in [-0.2, -0.15) is 0 Å². The minimum Gasteiger partial charge on any atom is -0.466 e. The van der Waals surface area contributed by atoms with Crippen LogP contribution in [0.3, 0.4) is 0 Å². The van der Waals surface area contributed by atoms with Gasteiger partial charge in [0, 0.05) is 12.8 Å². The van der Waals surface area contributed by atoms with Crippen molar-refractivity contribution in [1.29, 1.82) is 0 Å². The fraction of sp³-hybridized carbons (Fsp3) is 0.941. The average Bonchev–Trinajstić information content (AvgIpc) is 3.40. The van der Waals surface area contributed by atoms with Gasteiger partial charge in [-0.15, -0.1) is 0 Å². The standard InChI is InChI=1S/C68H133NO5/c1-3-5-7-9-11-13-15-17-32-36-40-44-48-52-56-60-66(71)65(64-70)69-67(72)61-57-53-49-45-41-37-34-30-28-26-24-22-20-19-21-23-25-27-29-31-35-39-43-47-51-55-59-63-74-68(73)62-58-54-50-46-42-38-33-18-16-14-12-10-8-6-4-2/h18,33,65-66,70-71H,3-17,19-32,34-64H2,1-2H3,(H,69,72)/b33-18-. The number of hydrogen-bond acceptors (Lipinski definition) is 5. The first-order chi connectivity index (χ1) is 36.5. The maximum Gasteiger partial charge on any atom is 0.305 e. The summed E-state index contributed by atoms with van der Waals surface area (Å²) in [4.78, 5) is 24.6. The van der Waals surface area contributed by atoms with E-state index in [4.69, 9.17) is 4.74 Å². The number of hydrogen-bond donors (Lipinski definition) is 3. The molecule has 0 aliphatic carbocycles. The van der Waals surface area contributed by atoms with E-state index in [0.29, 0.717) is 25.9 Å². The molecule has 0 spiro atoms. The lowest BCUT2D eigenvalue weighted by Gasteiger charge is -2.22. The third-order valence-electron chi connectivity index (χ3n) is 16.1. The first-order valence-corrected chi connectivity index (χ1v) is 33.9. The Morgan fingerprint density at radius 3 is 0.959 bits per heavy atom. The molecule has 2 atom stereocenters. The zero-order chi connectivity index (χ0) is 53.6. The Hall–Kier alpha value is -1.40. The number of allylic oxidation sites excluding steroid dienone is 2. The predicted octanol–water partition coefficient (Wildman–Crippen LogP) is 21.6. The maximum absolute atomic E-state index is 12.5. The molecule has 0 aromatic carbocycles. The van der Waals surface area contributed by atoms with Gasteiger partial charge in [0.1, 0.15) is 0 Å². The van der Waals surface area contributed by atoms with E-state index in [2.05, 4.69) is 31.3 Å². The normalized spacial score (nSPS) is 12.5. The van der Waals surface area contributed by atoms with E-state index in [-0.39, 0.29) is 18.5 Å². The van der Waals surface area contributed by atoms with Gasteiger partial charge >= 0.3 is 5.97 Å². The molecule has 0 bridgehead atoms. The third-order valence-corrected chi connectivity index (χ3v) is 16.1. The van der Waals surface area contributed by atoms with Crippen molar-refractivity contribution < 1.29 is 24.5 Å². The van der Waals surface area contributed by atoms with Gasteiger partial charge in [0.25, 0.3) is 0 Å². The van der Waals surface area contributed by atoms with E-state index in [1.54, 1.807) is 0 Å². The number of esters is 1. The Kier molecular flexibility index (Phi) is 62.9. The number of rotatable bonds is 64. The van der Waals surface area contributed by atoms with E-state index in [1.165, 1.54) is 308 Å². The van der Waals surface area contributed by atoms with Crippen LogP contribution >= 0.6 is 0 Å². The highest BCUT2D eigenvalue weighted by atomic mass is 16.5. The van der Waals surface area contributed by atoms with Crippen LogP contribution in [0.2, 0.25) is 0 Å². The molecule has 0 aromatic heterocycles. The van der Waals surface area contributed by atoms with Gasteiger partial charge in [-0.25, -0.2) is 0 Å². The molecule has 6 heteroatoms. The molecule has 0 saturated heterocycles. The van der Waals surface area contributed by atoms with E-state index in [9.17, 15) is 19.8 Å². The molecular weight excluding hydrogens is 911 g/mol. The summed E-state index contributed by atoms with van der Waals surface area (Å²) in [5.41, 5.74) is 0. The van der Waals surface area contributed by atoms with Gasteiger partial charge in [-0.05, 0) is 51.4 Å². The van der Waals surface area contributed by atoms with Crippen LogP contribution in [0.4, 0.5) is 0 Å². The Bertz CT molecular complexity index is 1110. The van der Waals surface area contributed by atoms with Gasteiger partial charge in [0.15, 0.2) is 0 Å². The zero-order valence-electron chi connectivity index (χ0n) is 50.4. The van der Waals surface area contributed by atoms with Crippen molar-refractivity contribution in [2.75, 3.05) is 13.2 Å². The van der Waals surface area contributed by atoms with Crippen LogP contribution in [-0.2, 0) is 14.3 Å². The molecule has 0 radical (unpaired) electrons. The van der Waals surface area contributed by atoms with Gasteiger partial charge in [-0.1, -0.05) is 334 Å². The summed E-state index contributed by atoms with van der Waals surface area (Å²) in [5.74, 6) is -0.0182. The highest BCUT2D eigenvalue weighted by Crippen LogP contribution is 2.19. The number of amides is 1. The van der Waals surface area contributed by atoms with E-state index in [0.717, 1.165) is 44.9 Å². The van der Waals surface area contributed by atoms with Gasteiger partial charge < -0.3 is 20.3 Å². The van der Waals surface area contributed by atoms with Gasteiger partial charge in [0.05, 0.1) is 25.4 Å². The van der Waals surface area contributed by atoms with Crippen molar-refractivity contribution in [2.24, 2.45) is 0 Å². The number of aliphatic hydroxyl groups excluding tert-OH is 2. The topological polar surface area (TPSA) is 95.9 Å². The fourth-order valence-electron chi connectivity index (χ4n) is 10.9. The number of aliphatic hydroxyl groups is 2. The molecule has 0 rings (SSSR count). The summed E-state index contributed by atoms with van der Waals surface area (Å²) in [5, 5.41) is 23.3. The molecule has 440 valence electrons. The van der Waals surface area contributed by atoms with Gasteiger partial charge in [-0.3, -0.25) is 9.59 Å². The van der Waals surface area contributed by atoms with Crippen LogP contribution in [0.25, 0.3) is 0 Å². The van der Waals surface area contributed by atoms with E-state index >= 15 is 0 Å². The van der Waals surface area contributed by atoms with Crippen molar-refractivity contribution in [2.45, 2.75) is 398 Å². The third kappa shape index (κ3) is 59.8. The second kappa shape index (κ2) is 64.1. The van der Waals surface area contributed by atoms with Crippen LogP contribution in [0.15, 0.2) is 12.2 Å². The molecule has 1 amide bonds. The first-order valence-electron chi connectivity index (χ1n) is 33.9. The first kappa shape index (κ1) is 72.6. The molecule has 6 nitrogen and oxygen atoms in total. The van der Waals surface area contributed by atoms with Crippen LogP contribution in [0.5, 0.6) is 0 Å². The summed E-state index contributed by atoms with van der Waals surface area (Å²) in [6, 6.07) is -0.538. The Balaban J connectivity index is 3.33. The number of unbranched alkanes of at least 4 members (excludes halogenated alkanes) is 51. The number of ether oxygens (including phenoxy) is 1. The van der Waals surface area contributed by atoms with Crippen LogP contribution < -0.4 is 5.32 Å². The molecule has 0 fully saturated rings. The molecule has 0 saturated carbocycles. The second-order valence-corrected chi connectivity index (χ2v) is 23.5. The molecule has 74 heavy (non-hydrogen) atoms. The summed E-state index contributed by atoms with van der Waals surface area (Å²) in [7, 11) is 0.